The van der Waals surface area contributed by atoms with E-state index in [1.807, 2.05) is 13.8 Å². The molecule has 4 nitrogen and oxygen atoms in total. The van der Waals surface area contributed by atoms with E-state index in [2.05, 4.69) is 4.72 Å². The van der Waals surface area contributed by atoms with Gasteiger partial charge in [-0.3, -0.25) is 0 Å². The summed E-state index contributed by atoms with van der Waals surface area (Å²) >= 11 is 0. The van der Waals surface area contributed by atoms with E-state index in [0.29, 0.717) is 12.5 Å². The average molecular weight is 262 g/mol. The molecule has 1 saturated carbocycles. The molecule has 0 spiro atoms. The van der Waals surface area contributed by atoms with Crippen LogP contribution in [0.5, 0.6) is 0 Å². The number of hydrogen-bond acceptors (Lipinski definition) is 3. The van der Waals surface area contributed by atoms with Gasteiger partial charge in [-0.15, -0.1) is 0 Å². The molecule has 0 amide bonds. The molecule has 3 N–H and O–H groups in total. The maximum Gasteiger partial charge on any atom is 0.211 e. The number of sulfonamides is 1. The zero-order valence-electron chi connectivity index (χ0n) is 11.0. The Morgan fingerprint density at radius 3 is 2.29 bits per heavy atom. The first-order valence-corrected chi connectivity index (χ1v) is 8.32. The van der Waals surface area contributed by atoms with Crippen LogP contribution in [0.25, 0.3) is 0 Å². The van der Waals surface area contributed by atoms with Crippen LogP contribution in [-0.4, -0.2) is 26.3 Å². The molecule has 0 aromatic carbocycles. The topological polar surface area (TPSA) is 72.2 Å². The van der Waals surface area contributed by atoms with E-state index in [9.17, 15) is 8.42 Å². The van der Waals surface area contributed by atoms with Gasteiger partial charge in [0.15, 0.2) is 0 Å². The summed E-state index contributed by atoms with van der Waals surface area (Å²) in [6, 6.07) is 0. The van der Waals surface area contributed by atoms with Gasteiger partial charge in [0.05, 0.1) is 5.75 Å². The van der Waals surface area contributed by atoms with Gasteiger partial charge < -0.3 is 5.73 Å². The van der Waals surface area contributed by atoms with Crippen LogP contribution < -0.4 is 10.5 Å². The summed E-state index contributed by atoms with van der Waals surface area (Å²) in [5, 5.41) is 0. The van der Waals surface area contributed by atoms with Crippen molar-refractivity contribution in [2.75, 3.05) is 12.3 Å². The van der Waals surface area contributed by atoms with E-state index in [1.165, 1.54) is 19.3 Å². The van der Waals surface area contributed by atoms with Crippen molar-refractivity contribution in [1.82, 2.24) is 4.72 Å². The highest BCUT2D eigenvalue weighted by Crippen LogP contribution is 2.29. The number of rotatable bonds is 8. The Bertz CT molecular complexity index is 319. The maximum absolute atomic E-state index is 11.8. The average Bonchev–Trinajstić information content (AvgIpc) is 2.24. The van der Waals surface area contributed by atoms with E-state index < -0.39 is 15.6 Å². The van der Waals surface area contributed by atoms with Crippen LogP contribution in [-0.2, 0) is 10.0 Å². The molecule has 0 aromatic heterocycles. The number of hydrogen-bond donors (Lipinski definition) is 2. The fourth-order valence-electron chi connectivity index (χ4n) is 1.93. The van der Waals surface area contributed by atoms with Gasteiger partial charge in [-0.05, 0) is 25.2 Å². The molecule has 0 aromatic rings. The molecule has 102 valence electrons. The summed E-state index contributed by atoms with van der Waals surface area (Å²) in [6.07, 6.45) is 6.02. The zero-order chi connectivity index (χ0) is 12.9. The summed E-state index contributed by atoms with van der Waals surface area (Å²) in [7, 11) is -3.14. The lowest BCUT2D eigenvalue weighted by atomic mass is 9.84. The summed E-state index contributed by atoms with van der Waals surface area (Å²) < 4.78 is 26.2. The van der Waals surface area contributed by atoms with Gasteiger partial charge in [-0.2, -0.15) is 0 Å². The molecular formula is C12H26N2O2S. The Kier molecular flexibility index (Phi) is 5.41. The zero-order valence-corrected chi connectivity index (χ0v) is 11.9. The van der Waals surface area contributed by atoms with Crippen LogP contribution in [0.2, 0.25) is 0 Å². The highest BCUT2D eigenvalue weighted by Gasteiger charge is 2.24. The van der Waals surface area contributed by atoms with Gasteiger partial charge >= 0.3 is 0 Å². The van der Waals surface area contributed by atoms with Gasteiger partial charge in [0.2, 0.25) is 10.0 Å². The summed E-state index contributed by atoms with van der Waals surface area (Å²) in [5.74, 6) is 0.882. The van der Waals surface area contributed by atoms with Crippen LogP contribution in [0, 0.1) is 5.92 Å². The summed E-state index contributed by atoms with van der Waals surface area (Å²) in [4.78, 5) is 0. The largest absolute Gasteiger partial charge is 0.324 e. The summed E-state index contributed by atoms with van der Waals surface area (Å²) in [5.41, 5.74) is 5.67. The van der Waals surface area contributed by atoms with Crippen molar-refractivity contribution in [3.05, 3.63) is 0 Å². The van der Waals surface area contributed by atoms with Gasteiger partial charge in [0, 0.05) is 12.1 Å². The lowest BCUT2D eigenvalue weighted by Gasteiger charge is -2.28. The van der Waals surface area contributed by atoms with Crippen molar-refractivity contribution in [1.29, 1.82) is 0 Å². The monoisotopic (exact) mass is 262 g/mol. The highest BCUT2D eigenvalue weighted by molar-refractivity contribution is 7.89. The second-order valence-electron chi connectivity index (χ2n) is 5.30. The maximum atomic E-state index is 11.8. The molecule has 0 radical (unpaired) electrons. The molecule has 1 aliphatic carbocycles. The summed E-state index contributed by atoms with van der Waals surface area (Å²) in [6.45, 7) is 4.34. The fourth-order valence-corrected chi connectivity index (χ4v) is 3.22. The van der Waals surface area contributed by atoms with Crippen molar-refractivity contribution >= 4 is 10.0 Å². The molecule has 0 saturated heterocycles. The van der Waals surface area contributed by atoms with E-state index in [-0.39, 0.29) is 5.75 Å². The van der Waals surface area contributed by atoms with Crippen molar-refractivity contribution in [3.8, 4) is 0 Å². The van der Waals surface area contributed by atoms with Gasteiger partial charge in [0.25, 0.3) is 0 Å². The minimum Gasteiger partial charge on any atom is -0.324 e. The third-order valence-electron chi connectivity index (χ3n) is 4.07. The SMILES string of the molecule is CCC(N)(CC)CNS(=O)(=O)CCC1CCC1. The first-order chi connectivity index (χ1) is 7.91. The molecule has 17 heavy (non-hydrogen) atoms. The lowest BCUT2D eigenvalue weighted by molar-refractivity contribution is 0.307. The highest BCUT2D eigenvalue weighted by atomic mass is 32.2. The first kappa shape index (κ1) is 14.9. The number of nitrogens with two attached hydrogens (primary N) is 1. The Morgan fingerprint density at radius 2 is 1.88 bits per heavy atom. The van der Waals surface area contributed by atoms with Gasteiger partial charge in [0.1, 0.15) is 0 Å². The van der Waals surface area contributed by atoms with Crippen LogP contribution >= 0.6 is 0 Å². The number of nitrogens with one attached hydrogen (secondary N) is 1. The Morgan fingerprint density at radius 1 is 1.29 bits per heavy atom. The normalized spacial score (nSPS) is 18.1. The van der Waals surface area contributed by atoms with Crippen LogP contribution in [0.15, 0.2) is 0 Å². The molecule has 0 unspecified atom stereocenters. The second-order valence-corrected chi connectivity index (χ2v) is 7.22. The third-order valence-corrected chi connectivity index (χ3v) is 5.43. The molecular weight excluding hydrogens is 236 g/mol. The molecule has 1 aliphatic rings. The quantitative estimate of drug-likeness (QED) is 0.698. The first-order valence-electron chi connectivity index (χ1n) is 6.67. The van der Waals surface area contributed by atoms with E-state index >= 15 is 0 Å². The van der Waals surface area contributed by atoms with Crippen LogP contribution in [0.4, 0.5) is 0 Å². The van der Waals surface area contributed by atoms with Gasteiger partial charge in [-0.25, -0.2) is 13.1 Å². The fraction of sp³-hybridized carbons (Fsp3) is 1.00. The van der Waals surface area contributed by atoms with Crippen molar-refractivity contribution in [2.45, 2.75) is 57.9 Å². The Labute approximate surface area is 105 Å². The standard InChI is InChI=1S/C12H26N2O2S/c1-3-12(13,4-2)10-14-17(15,16)9-8-11-6-5-7-11/h11,14H,3-10,13H2,1-2H3. The third kappa shape index (κ3) is 4.94. The smallest absolute Gasteiger partial charge is 0.211 e. The lowest BCUT2D eigenvalue weighted by Crippen LogP contribution is -2.49. The van der Waals surface area contributed by atoms with Crippen molar-refractivity contribution < 1.29 is 8.42 Å². The molecule has 0 aliphatic heterocycles. The van der Waals surface area contributed by atoms with Gasteiger partial charge in [-0.1, -0.05) is 33.1 Å². The predicted octanol–water partition coefficient (Wildman–Crippen LogP) is 1.61. The molecule has 0 bridgehead atoms. The molecule has 1 rings (SSSR count). The predicted molar refractivity (Wildman–Crippen MR) is 71.2 cm³/mol. The molecule has 0 heterocycles. The van der Waals surface area contributed by atoms with E-state index in [4.69, 9.17) is 5.73 Å². The minimum atomic E-state index is -3.14. The molecule has 5 heteroatoms. The van der Waals surface area contributed by atoms with Crippen molar-refractivity contribution in [3.63, 3.8) is 0 Å². The molecule has 0 atom stereocenters. The van der Waals surface area contributed by atoms with E-state index in [1.54, 1.807) is 0 Å². The minimum absolute atomic E-state index is 0.251. The van der Waals surface area contributed by atoms with Crippen LogP contribution in [0.1, 0.15) is 52.4 Å². The Hall–Kier alpha value is -0.130. The second kappa shape index (κ2) is 6.16. The molecule has 1 fully saturated rings. The Balaban J connectivity index is 2.32. The van der Waals surface area contributed by atoms with E-state index in [0.717, 1.165) is 19.3 Å². The van der Waals surface area contributed by atoms with Crippen molar-refractivity contribution in [2.24, 2.45) is 11.7 Å². The van der Waals surface area contributed by atoms with Crippen LogP contribution in [0.3, 0.4) is 0 Å².